The Labute approximate surface area is 196 Å². The molecular formula is C26H26N6O2. The number of nitrogens with zero attached hydrogens (tertiary/aromatic N) is 4. The smallest absolute Gasteiger partial charge is 0.226 e. The van der Waals surface area contributed by atoms with Crippen molar-refractivity contribution in [2.75, 3.05) is 38.1 Å². The fourth-order valence-electron chi connectivity index (χ4n) is 5.26. The van der Waals surface area contributed by atoms with Crippen LogP contribution in [0.5, 0.6) is 0 Å². The summed E-state index contributed by atoms with van der Waals surface area (Å²) in [4.78, 5) is 18.0. The first-order chi connectivity index (χ1) is 16.7. The Kier molecular flexibility index (Phi) is 4.50. The van der Waals surface area contributed by atoms with Crippen molar-refractivity contribution in [1.82, 2.24) is 25.2 Å². The van der Waals surface area contributed by atoms with Crippen LogP contribution in [-0.4, -0.2) is 76.7 Å². The van der Waals surface area contributed by atoms with Gasteiger partial charge in [0.15, 0.2) is 0 Å². The topological polar surface area (TPSA) is 92.8 Å². The number of anilines is 1. The average Bonchev–Trinajstić information content (AvgIpc) is 3.51. The standard InChI is InChI=1S/C26H26N6O2/c1-31-10-12-32(13-11-31)26-28-19-9-5-3-7-16(19)22(29-26)21-20(24(33)30-25-23(21)34-25)17-14-27-18-8-4-2-6-15(17)18/h2-9,14,23-25,27,30,33H,10-13H2,1H3. The largest absolute Gasteiger partial charge is 0.374 e. The van der Waals surface area contributed by atoms with Crippen LogP contribution in [0.2, 0.25) is 0 Å². The van der Waals surface area contributed by atoms with Crippen molar-refractivity contribution in [2.24, 2.45) is 0 Å². The molecule has 172 valence electrons. The van der Waals surface area contributed by atoms with E-state index >= 15 is 0 Å². The van der Waals surface area contributed by atoms with Gasteiger partial charge in [0.2, 0.25) is 5.95 Å². The zero-order chi connectivity index (χ0) is 22.8. The molecule has 3 aliphatic rings. The molecule has 2 aromatic carbocycles. The van der Waals surface area contributed by atoms with Crippen LogP contribution in [0.4, 0.5) is 5.95 Å². The zero-order valence-corrected chi connectivity index (χ0v) is 18.9. The number of likely N-dealkylation sites (N-methyl/N-ethyl adjacent to an activating group) is 1. The van der Waals surface area contributed by atoms with Crippen molar-refractivity contribution in [1.29, 1.82) is 0 Å². The number of fused-ring (bicyclic) bond motifs is 3. The van der Waals surface area contributed by atoms with Crippen LogP contribution in [0.25, 0.3) is 33.0 Å². The summed E-state index contributed by atoms with van der Waals surface area (Å²) in [5.41, 5.74) is 5.48. The SMILES string of the molecule is CN1CCN(c2nc(C3=C(c4c[nH]c5ccccc45)C(O)NC4OC34)c3ccccc3n2)CC1. The van der Waals surface area contributed by atoms with E-state index < -0.39 is 6.23 Å². The van der Waals surface area contributed by atoms with Crippen molar-refractivity contribution in [3.05, 3.63) is 66.0 Å². The Hall–Kier alpha value is -3.30. The molecule has 0 amide bonds. The van der Waals surface area contributed by atoms with Gasteiger partial charge in [-0.1, -0.05) is 36.4 Å². The summed E-state index contributed by atoms with van der Waals surface area (Å²) in [6, 6.07) is 16.3. The van der Waals surface area contributed by atoms with Gasteiger partial charge in [0.05, 0.1) is 11.2 Å². The molecule has 3 aliphatic heterocycles. The third-order valence-corrected chi connectivity index (χ3v) is 7.17. The first kappa shape index (κ1) is 20.1. The maximum atomic E-state index is 11.2. The summed E-state index contributed by atoms with van der Waals surface area (Å²) in [5.74, 6) is 0.734. The molecule has 2 saturated heterocycles. The lowest BCUT2D eigenvalue weighted by Gasteiger charge is -2.33. The van der Waals surface area contributed by atoms with Gasteiger partial charge in [-0.3, -0.25) is 5.32 Å². The van der Waals surface area contributed by atoms with Crippen LogP contribution >= 0.6 is 0 Å². The van der Waals surface area contributed by atoms with Crippen LogP contribution in [0, 0.1) is 0 Å². The molecule has 2 fully saturated rings. The Balaban J connectivity index is 1.48. The van der Waals surface area contributed by atoms with Gasteiger partial charge in [0, 0.05) is 65.4 Å². The zero-order valence-electron chi connectivity index (χ0n) is 18.9. The van der Waals surface area contributed by atoms with Gasteiger partial charge in [-0.15, -0.1) is 0 Å². The Morgan fingerprint density at radius 1 is 0.941 bits per heavy atom. The number of rotatable bonds is 3. The molecule has 3 unspecified atom stereocenters. The second kappa shape index (κ2) is 7.61. The lowest BCUT2D eigenvalue weighted by molar-refractivity contribution is 0.171. The number of epoxide rings is 1. The maximum absolute atomic E-state index is 11.2. The van der Waals surface area contributed by atoms with E-state index in [-0.39, 0.29) is 12.3 Å². The molecule has 0 radical (unpaired) electrons. The molecule has 4 aromatic rings. The predicted octanol–water partition coefficient (Wildman–Crippen LogP) is 2.42. The summed E-state index contributed by atoms with van der Waals surface area (Å²) in [6.07, 6.45) is 0.738. The molecule has 7 rings (SSSR count). The Bertz CT molecular complexity index is 1440. The number of benzene rings is 2. The van der Waals surface area contributed by atoms with E-state index in [0.29, 0.717) is 0 Å². The van der Waals surface area contributed by atoms with Crippen LogP contribution < -0.4 is 10.2 Å². The molecule has 0 spiro atoms. The first-order valence-electron chi connectivity index (χ1n) is 11.8. The van der Waals surface area contributed by atoms with E-state index in [1.807, 2.05) is 42.6 Å². The number of nitrogens with one attached hydrogen (secondary N) is 2. The van der Waals surface area contributed by atoms with Gasteiger partial charge < -0.3 is 24.6 Å². The van der Waals surface area contributed by atoms with Gasteiger partial charge >= 0.3 is 0 Å². The normalized spacial score (nSPS) is 25.2. The summed E-state index contributed by atoms with van der Waals surface area (Å²) >= 11 is 0. The van der Waals surface area contributed by atoms with E-state index in [2.05, 4.69) is 39.3 Å². The lowest BCUT2D eigenvalue weighted by atomic mass is 9.89. The minimum absolute atomic E-state index is 0.161. The minimum Gasteiger partial charge on any atom is -0.374 e. The van der Waals surface area contributed by atoms with Crippen LogP contribution in [0.3, 0.4) is 0 Å². The molecule has 2 aromatic heterocycles. The van der Waals surface area contributed by atoms with Gasteiger partial charge in [-0.05, 0) is 19.2 Å². The maximum Gasteiger partial charge on any atom is 0.226 e. The first-order valence-corrected chi connectivity index (χ1v) is 11.8. The number of hydrogen-bond donors (Lipinski definition) is 3. The number of aromatic amines is 1. The number of aliphatic hydroxyl groups excluding tert-OH is 1. The highest BCUT2D eigenvalue weighted by atomic mass is 16.6. The van der Waals surface area contributed by atoms with Crippen LogP contribution in [0.15, 0.2) is 54.7 Å². The quantitative estimate of drug-likeness (QED) is 0.410. The molecule has 34 heavy (non-hydrogen) atoms. The molecule has 8 nitrogen and oxygen atoms in total. The van der Waals surface area contributed by atoms with Crippen LogP contribution in [0.1, 0.15) is 11.3 Å². The molecular weight excluding hydrogens is 428 g/mol. The molecule has 0 bridgehead atoms. The number of piperazine rings is 1. The summed E-state index contributed by atoms with van der Waals surface area (Å²) in [6.45, 7) is 3.72. The monoisotopic (exact) mass is 454 g/mol. The van der Waals surface area contributed by atoms with Crippen molar-refractivity contribution in [2.45, 2.75) is 18.6 Å². The van der Waals surface area contributed by atoms with Crippen molar-refractivity contribution in [3.8, 4) is 0 Å². The fraction of sp³-hybridized carbons (Fsp3) is 0.308. The molecule has 0 aliphatic carbocycles. The third kappa shape index (κ3) is 3.14. The number of hydrogen-bond acceptors (Lipinski definition) is 7. The summed E-state index contributed by atoms with van der Waals surface area (Å²) in [7, 11) is 2.14. The van der Waals surface area contributed by atoms with E-state index in [4.69, 9.17) is 14.7 Å². The highest BCUT2D eigenvalue weighted by Crippen LogP contribution is 2.46. The summed E-state index contributed by atoms with van der Waals surface area (Å²) < 4.78 is 5.98. The third-order valence-electron chi connectivity index (χ3n) is 7.17. The van der Waals surface area contributed by atoms with Crippen molar-refractivity contribution in [3.63, 3.8) is 0 Å². The number of para-hydroxylation sites is 2. The summed E-state index contributed by atoms with van der Waals surface area (Å²) in [5, 5.41) is 16.4. The van der Waals surface area contributed by atoms with Gasteiger partial charge in [0.25, 0.3) is 0 Å². The minimum atomic E-state index is -0.862. The van der Waals surface area contributed by atoms with Gasteiger partial charge in [0.1, 0.15) is 18.6 Å². The van der Waals surface area contributed by atoms with E-state index in [0.717, 1.165) is 76.3 Å². The molecule has 8 heteroatoms. The highest BCUT2D eigenvalue weighted by Gasteiger charge is 2.50. The molecule has 3 N–H and O–H groups in total. The van der Waals surface area contributed by atoms with E-state index in [1.54, 1.807) is 0 Å². The second-order valence-electron chi connectivity index (χ2n) is 9.30. The Morgan fingerprint density at radius 2 is 1.71 bits per heavy atom. The molecule has 3 atom stereocenters. The van der Waals surface area contributed by atoms with Crippen molar-refractivity contribution < 1.29 is 9.84 Å². The number of aliphatic hydroxyl groups is 1. The van der Waals surface area contributed by atoms with E-state index in [1.165, 1.54) is 0 Å². The number of ether oxygens (including phenoxy) is 1. The van der Waals surface area contributed by atoms with E-state index in [9.17, 15) is 5.11 Å². The average molecular weight is 455 g/mol. The predicted molar refractivity (Wildman–Crippen MR) is 132 cm³/mol. The molecule has 5 heterocycles. The van der Waals surface area contributed by atoms with Crippen LogP contribution in [-0.2, 0) is 4.74 Å². The second-order valence-corrected chi connectivity index (χ2v) is 9.30. The number of H-pyrrole nitrogens is 1. The Morgan fingerprint density at radius 3 is 2.56 bits per heavy atom. The van der Waals surface area contributed by atoms with Gasteiger partial charge in [-0.2, -0.15) is 0 Å². The number of aromatic nitrogens is 3. The lowest BCUT2D eigenvalue weighted by Crippen LogP contribution is -2.45. The highest BCUT2D eigenvalue weighted by molar-refractivity contribution is 6.07. The fourth-order valence-corrected chi connectivity index (χ4v) is 5.26. The van der Waals surface area contributed by atoms with Crippen molar-refractivity contribution >= 4 is 38.9 Å². The van der Waals surface area contributed by atoms with Gasteiger partial charge in [-0.25, -0.2) is 9.97 Å². The molecule has 0 saturated carbocycles.